The molecule has 0 radical (unpaired) electrons. The van der Waals surface area contributed by atoms with Gasteiger partial charge in [-0.05, 0) is 36.1 Å². The quantitative estimate of drug-likeness (QED) is 0.0441. The average Bonchev–Trinajstić information content (AvgIpc) is 3.16. The van der Waals surface area contributed by atoms with Crippen molar-refractivity contribution in [1.29, 1.82) is 0 Å². The first-order chi connectivity index (χ1) is 26.4. The van der Waals surface area contributed by atoms with Gasteiger partial charge in [-0.25, -0.2) is 27.3 Å². The second-order valence-electron chi connectivity index (χ2n) is 11.8. The summed E-state index contributed by atoms with van der Waals surface area (Å²) in [5.74, 6) is -1.01. The molecule has 0 fully saturated rings. The van der Waals surface area contributed by atoms with E-state index >= 15 is 0 Å². The molecule has 0 aliphatic carbocycles. The Morgan fingerprint density at radius 2 is 0.877 bits per heavy atom. The van der Waals surface area contributed by atoms with Crippen LogP contribution in [0.5, 0.6) is 11.5 Å². The summed E-state index contributed by atoms with van der Waals surface area (Å²) in [7, 11) is -9.60. The molecule has 0 spiro atoms. The molecule has 0 saturated heterocycles. The minimum absolute atomic E-state index is 0. The van der Waals surface area contributed by atoms with Crippen LogP contribution in [0.3, 0.4) is 0 Å². The van der Waals surface area contributed by atoms with Gasteiger partial charge in [0.15, 0.2) is 0 Å². The Hall–Kier alpha value is -5.48. The predicted molar refractivity (Wildman–Crippen MR) is 203 cm³/mol. The molecule has 21 heteroatoms. The Bertz CT molecular complexity index is 2640. The van der Waals surface area contributed by atoms with E-state index in [-0.39, 0.29) is 91.9 Å². The molecule has 0 aliphatic heterocycles. The second-order valence-corrected chi connectivity index (χ2v) is 14.5. The average molecular weight is 843 g/mol. The van der Waals surface area contributed by atoms with Crippen molar-refractivity contribution < 1.29 is 56.4 Å². The van der Waals surface area contributed by atoms with Gasteiger partial charge in [0.1, 0.15) is 43.1 Å². The Kier molecular flexibility index (Phi) is 14.1. The van der Waals surface area contributed by atoms with E-state index in [1.54, 1.807) is 24.3 Å². The van der Waals surface area contributed by atoms with E-state index in [1.165, 1.54) is 60.7 Å². The summed E-state index contributed by atoms with van der Waals surface area (Å²) >= 11 is 0. The van der Waals surface area contributed by atoms with Crippen LogP contribution in [0.4, 0.5) is 34.1 Å². The van der Waals surface area contributed by atoms with Gasteiger partial charge in [0, 0.05) is 57.9 Å². The van der Waals surface area contributed by atoms with E-state index in [4.69, 9.17) is 10.4 Å². The molecule has 6 aromatic carbocycles. The van der Waals surface area contributed by atoms with Crippen molar-refractivity contribution in [3.8, 4) is 11.5 Å². The third-order valence-corrected chi connectivity index (χ3v) is 10.1. The first kappa shape index (κ1) is 44.2. The normalized spacial score (nSPS) is 11.7. The number of phenols is 2. The number of aromatic hydroxyl groups is 2. The summed E-state index contributed by atoms with van der Waals surface area (Å²) in [5.41, 5.74) is 2.12. The van der Waals surface area contributed by atoms with Crippen LogP contribution < -0.4 is 0 Å². The van der Waals surface area contributed by atoms with Crippen molar-refractivity contribution in [3.05, 3.63) is 118 Å². The van der Waals surface area contributed by atoms with Gasteiger partial charge in [-0.2, -0.15) is 10.2 Å². The van der Waals surface area contributed by atoms with Crippen LogP contribution in [0.1, 0.15) is 25.0 Å². The van der Waals surface area contributed by atoms with Crippen LogP contribution >= 0.6 is 0 Å². The Morgan fingerprint density at radius 1 is 0.544 bits per heavy atom. The number of hydrogen-bond acceptors (Lipinski definition) is 14. The maximum absolute atomic E-state index is 11.5. The van der Waals surface area contributed by atoms with E-state index in [0.29, 0.717) is 35.3 Å². The first-order valence-electron chi connectivity index (χ1n) is 16.3. The zero-order valence-corrected chi connectivity index (χ0v) is 33.8. The Labute approximate surface area is 354 Å². The molecule has 0 atom stereocenters. The number of fused-ring (bicyclic) bond motifs is 2. The molecule has 0 aromatic heterocycles. The fraction of sp³-hybridized carbons (Fsp3) is 0.111. The molecule has 0 unspecified atom stereocenters. The minimum Gasteiger partial charge on any atom is -0.744 e. The van der Waals surface area contributed by atoms with Crippen LogP contribution in [0.15, 0.2) is 127 Å². The zero-order chi connectivity index (χ0) is 40.9. The molecule has 57 heavy (non-hydrogen) atoms. The number of nitrogens with zero attached hydrogens (tertiary/aromatic N) is 6. The van der Waals surface area contributed by atoms with Gasteiger partial charge in [-0.3, -0.25) is 0 Å². The van der Waals surface area contributed by atoms with Crippen LogP contribution in [0, 0.1) is 9.81 Å². The Balaban J connectivity index is 0.000000248. The van der Waals surface area contributed by atoms with Gasteiger partial charge >= 0.3 is 49.1 Å². The summed E-state index contributed by atoms with van der Waals surface area (Å²) in [4.78, 5) is 20.4. The van der Waals surface area contributed by atoms with Crippen molar-refractivity contribution >= 4 is 114 Å². The SMILES string of the molecule is CCc1cc([N+](=O)O)ccc1N=Nc1c(O)cc(S(=O)(=O)[O-])c2ccccc12.CCc1cc([N+](=O)O)ccc1N=Nc1c(O)cc(S(=O)(=O)[O-])c2ccccc12.[Ca+2]. The molecule has 4 N–H and O–H groups in total. The molecule has 0 bridgehead atoms. The third kappa shape index (κ3) is 10.1. The number of benzene rings is 6. The minimum atomic E-state index is -4.80. The Morgan fingerprint density at radius 3 is 1.18 bits per heavy atom. The molecule has 0 aliphatic rings. The van der Waals surface area contributed by atoms with Gasteiger partial charge in [0.25, 0.3) is 9.85 Å². The summed E-state index contributed by atoms with van der Waals surface area (Å²) in [6, 6.07) is 22.5. The van der Waals surface area contributed by atoms with E-state index in [0.717, 1.165) is 12.1 Å². The fourth-order valence-electron chi connectivity index (χ4n) is 5.60. The molecular weight excluding hydrogens is 813 g/mol. The molecule has 0 heterocycles. The molecule has 288 valence electrons. The van der Waals surface area contributed by atoms with Gasteiger partial charge in [0.05, 0.1) is 31.0 Å². The molecule has 0 saturated carbocycles. The van der Waals surface area contributed by atoms with Gasteiger partial charge < -0.3 is 19.3 Å². The maximum Gasteiger partial charge on any atom is 2.00 e. The van der Waals surface area contributed by atoms with Gasteiger partial charge in [-0.1, -0.05) is 62.4 Å². The van der Waals surface area contributed by atoms with E-state index in [9.17, 15) is 46.0 Å². The zero-order valence-electron chi connectivity index (χ0n) is 29.9. The molecule has 6 rings (SSSR count). The first-order valence-corrected chi connectivity index (χ1v) is 19.1. The van der Waals surface area contributed by atoms with Crippen molar-refractivity contribution in [3.63, 3.8) is 0 Å². The van der Waals surface area contributed by atoms with Crippen molar-refractivity contribution in [2.45, 2.75) is 36.5 Å². The number of azo groups is 2. The van der Waals surface area contributed by atoms with Crippen LogP contribution in [-0.2, 0) is 33.1 Å². The molecule has 6 aromatic rings. The number of rotatable bonds is 10. The summed E-state index contributed by atoms with van der Waals surface area (Å²) in [6.07, 6.45) is 0.992. The van der Waals surface area contributed by atoms with Gasteiger partial charge in [-0.15, -0.1) is 10.2 Å². The van der Waals surface area contributed by atoms with Crippen molar-refractivity contribution in [1.82, 2.24) is 0 Å². The molecular formula is C36H30CaN6O12S2+2. The summed E-state index contributed by atoms with van der Waals surface area (Å²) in [6.45, 7) is 3.65. The fourth-order valence-corrected chi connectivity index (χ4v) is 7.01. The van der Waals surface area contributed by atoms with E-state index in [1.807, 2.05) is 13.8 Å². The van der Waals surface area contributed by atoms with Crippen LogP contribution in [0.2, 0.25) is 0 Å². The number of aryl methyl sites for hydroxylation is 2. The topological polar surface area (TPSA) is 285 Å². The molecule has 18 nitrogen and oxygen atoms in total. The maximum atomic E-state index is 11.5. The van der Waals surface area contributed by atoms with E-state index < -0.39 is 41.5 Å². The number of phenolic OH excluding ortho intramolecular Hbond substituents is 2. The molecule has 0 amide bonds. The third-order valence-electron chi connectivity index (χ3n) is 8.30. The largest absolute Gasteiger partial charge is 2.00 e. The van der Waals surface area contributed by atoms with Crippen molar-refractivity contribution in [2.75, 3.05) is 0 Å². The predicted octanol–water partition coefficient (Wildman–Crippen LogP) is 8.07. The summed E-state index contributed by atoms with van der Waals surface area (Å²) in [5, 5.41) is 55.5. The van der Waals surface area contributed by atoms with Gasteiger partial charge in [0.2, 0.25) is 0 Å². The smallest absolute Gasteiger partial charge is 0.744 e. The van der Waals surface area contributed by atoms with Crippen LogP contribution in [-0.4, -0.2) is 94.2 Å². The number of hydrogen-bond donors (Lipinski definition) is 4. The second kappa shape index (κ2) is 18.2. The summed E-state index contributed by atoms with van der Waals surface area (Å²) < 4.78 is 68.9. The van der Waals surface area contributed by atoms with E-state index in [2.05, 4.69) is 20.5 Å². The monoisotopic (exact) mass is 842 g/mol. The van der Waals surface area contributed by atoms with Crippen molar-refractivity contribution in [2.24, 2.45) is 20.5 Å². The van der Waals surface area contributed by atoms with Crippen LogP contribution in [0.25, 0.3) is 21.5 Å². The standard InChI is InChI=1S/2C18H15N3O6S.Ca/c2*1-2-11-9-12(21(23)24)7-8-15(11)19-20-18-14-6-4-3-5-13(14)17(10-16(18)22)28(25,26)27;/h2*3-10H,2H2,1H3,(H2-,19,22,23,24,25,26,27);/q;;+2.